The second-order valence-corrected chi connectivity index (χ2v) is 2.84. The Kier molecular flexibility index (Phi) is 2.65. The first-order valence-electron chi connectivity index (χ1n) is 3.85. The molecule has 1 aromatic rings. The molecule has 0 saturated carbocycles. The summed E-state index contributed by atoms with van der Waals surface area (Å²) in [5.41, 5.74) is 1.40. The van der Waals surface area contributed by atoms with Gasteiger partial charge in [0.1, 0.15) is 11.8 Å². The molecule has 1 aromatic heterocycles. The second-order valence-electron chi connectivity index (χ2n) is 2.84. The zero-order chi connectivity index (χ0) is 8.97. The topological polar surface area (TPSA) is 48.7 Å². The summed E-state index contributed by atoms with van der Waals surface area (Å²) in [6, 6.07) is 5.91. The lowest BCUT2D eigenvalue weighted by Crippen LogP contribution is -2.09. The normalized spacial score (nSPS) is 9.50. The van der Waals surface area contributed by atoms with Gasteiger partial charge in [0.05, 0.1) is 11.9 Å². The lowest BCUT2D eigenvalue weighted by Gasteiger charge is -2.08. The van der Waals surface area contributed by atoms with Crippen LogP contribution in [0.5, 0.6) is 0 Å². The van der Waals surface area contributed by atoms with Gasteiger partial charge in [-0.05, 0) is 26.0 Å². The van der Waals surface area contributed by atoms with E-state index in [1.807, 2.05) is 12.1 Å². The Labute approximate surface area is 72.1 Å². The Bertz CT molecular complexity index is 282. The van der Waals surface area contributed by atoms with Crippen molar-refractivity contribution in [2.75, 3.05) is 5.32 Å². The van der Waals surface area contributed by atoms with Gasteiger partial charge in [-0.1, -0.05) is 0 Å². The van der Waals surface area contributed by atoms with Gasteiger partial charge in [-0.3, -0.25) is 0 Å². The molecule has 0 aliphatic carbocycles. The summed E-state index contributed by atoms with van der Waals surface area (Å²) in [6.45, 7) is 4.11. The van der Waals surface area contributed by atoms with Gasteiger partial charge in [0, 0.05) is 6.04 Å². The number of nitriles is 1. The van der Waals surface area contributed by atoms with Gasteiger partial charge in [-0.2, -0.15) is 5.26 Å². The zero-order valence-electron chi connectivity index (χ0n) is 7.20. The number of aromatic nitrogens is 1. The Hall–Kier alpha value is -1.56. The van der Waals surface area contributed by atoms with Crippen molar-refractivity contribution < 1.29 is 0 Å². The Balaban J connectivity index is 2.73. The van der Waals surface area contributed by atoms with E-state index in [4.69, 9.17) is 5.26 Å². The molecule has 1 heterocycles. The van der Waals surface area contributed by atoms with Gasteiger partial charge in [0.15, 0.2) is 0 Å². The van der Waals surface area contributed by atoms with Crippen LogP contribution in [0.25, 0.3) is 0 Å². The van der Waals surface area contributed by atoms with Crippen LogP contribution in [0.15, 0.2) is 18.3 Å². The molecule has 62 valence electrons. The summed E-state index contributed by atoms with van der Waals surface area (Å²) in [6.07, 6.45) is 1.67. The third-order valence-corrected chi connectivity index (χ3v) is 1.33. The van der Waals surface area contributed by atoms with E-state index >= 15 is 0 Å². The lowest BCUT2D eigenvalue weighted by atomic mass is 10.3. The maximum Gasteiger partial charge on any atom is 0.140 e. The predicted octanol–water partition coefficient (Wildman–Crippen LogP) is 1.77. The monoisotopic (exact) mass is 161 g/mol. The number of hydrogen-bond donors (Lipinski definition) is 1. The molecule has 1 N–H and O–H groups in total. The summed E-state index contributed by atoms with van der Waals surface area (Å²) in [4.78, 5) is 3.93. The number of pyridine rings is 1. The number of hydrogen-bond acceptors (Lipinski definition) is 3. The fourth-order valence-electron chi connectivity index (χ4n) is 0.879. The van der Waals surface area contributed by atoms with Crippen LogP contribution in [0.3, 0.4) is 0 Å². The number of rotatable bonds is 2. The third-order valence-electron chi connectivity index (χ3n) is 1.33. The van der Waals surface area contributed by atoms with Crippen molar-refractivity contribution in [3.63, 3.8) is 0 Å². The van der Waals surface area contributed by atoms with E-state index in [1.165, 1.54) is 0 Å². The highest BCUT2D eigenvalue weighted by molar-refractivity contribution is 5.43. The quantitative estimate of drug-likeness (QED) is 0.719. The van der Waals surface area contributed by atoms with E-state index in [0.717, 1.165) is 5.69 Å². The average molecular weight is 161 g/mol. The van der Waals surface area contributed by atoms with E-state index in [2.05, 4.69) is 24.1 Å². The van der Waals surface area contributed by atoms with E-state index in [0.29, 0.717) is 11.7 Å². The minimum Gasteiger partial charge on any atom is -0.382 e. The van der Waals surface area contributed by atoms with Crippen molar-refractivity contribution >= 4 is 5.69 Å². The highest BCUT2D eigenvalue weighted by Gasteiger charge is 1.95. The maximum atomic E-state index is 8.48. The van der Waals surface area contributed by atoms with Crippen LogP contribution in [0.4, 0.5) is 5.69 Å². The average Bonchev–Trinajstić information content (AvgIpc) is 2.05. The predicted molar refractivity (Wildman–Crippen MR) is 47.7 cm³/mol. The molecule has 0 saturated heterocycles. The molecule has 3 nitrogen and oxygen atoms in total. The van der Waals surface area contributed by atoms with Gasteiger partial charge in [0.25, 0.3) is 0 Å². The summed E-state index contributed by atoms with van der Waals surface area (Å²) in [7, 11) is 0. The van der Waals surface area contributed by atoms with E-state index < -0.39 is 0 Å². The highest BCUT2D eigenvalue weighted by atomic mass is 14.9. The molecule has 0 atom stereocenters. The van der Waals surface area contributed by atoms with Gasteiger partial charge < -0.3 is 5.32 Å². The standard InChI is InChI=1S/C9H11N3/c1-7(2)12-9-4-3-8(5-10)11-6-9/h3-4,6-7,12H,1-2H3. The first-order valence-corrected chi connectivity index (χ1v) is 3.85. The molecule has 0 aliphatic heterocycles. The summed E-state index contributed by atoms with van der Waals surface area (Å²) < 4.78 is 0. The van der Waals surface area contributed by atoms with Crippen molar-refractivity contribution in [2.24, 2.45) is 0 Å². The zero-order valence-corrected chi connectivity index (χ0v) is 7.20. The molecule has 12 heavy (non-hydrogen) atoms. The van der Waals surface area contributed by atoms with E-state index in [-0.39, 0.29) is 0 Å². The molecule has 1 rings (SSSR count). The lowest BCUT2D eigenvalue weighted by molar-refractivity contribution is 0.897. The van der Waals surface area contributed by atoms with Crippen molar-refractivity contribution in [2.45, 2.75) is 19.9 Å². The summed E-state index contributed by atoms with van der Waals surface area (Å²) in [5, 5.41) is 11.7. The minimum atomic E-state index is 0.389. The van der Waals surface area contributed by atoms with Gasteiger partial charge in [-0.15, -0.1) is 0 Å². The molecule has 0 aromatic carbocycles. The first kappa shape index (κ1) is 8.54. The Morgan fingerprint density at radius 2 is 2.25 bits per heavy atom. The molecule has 0 fully saturated rings. The SMILES string of the molecule is CC(C)Nc1ccc(C#N)nc1. The molecule has 0 bridgehead atoms. The largest absolute Gasteiger partial charge is 0.382 e. The van der Waals surface area contributed by atoms with Crippen LogP contribution < -0.4 is 5.32 Å². The first-order chi connectivity index (χ1) is 5.72. The fraction of sp³-hybridized carbons (Fsp3) is 0.333. The van der Waals surface area contributed by atoms with Crippen LogP contribution in [0.2, 0.25) is 0 Å². The smallest absolute Gasteiger partial charge is 0.140 e. The summed E-state index contributed by atoms with van der Waals surface area (Å²) in [5.74, 6) is 0. The van der Waals surface area contributed by atoms with Crippen LogP contribution in [-0.2, 0) is 0 Å². The molecule has 3 heteroatoms. The Morgan fingerprint density at radius 3 is 2.67 bits per heavy atom. The molecule has 0 spiro atoms. The van der Waals surface area contributed by atoms with Crippen molar-refractivity contribution in [3.05, 3.63) is 24.0 Å². The van der Waals surface area contributed by atoms with Crippen molar-refractivity contribution in [3.8, 4) is 6.07 Å². The van der Waals surface area contributed by atoms with Crippen molar-refractivity contribution in [1.82, 2.24) is 4.98 Å². The fourth-order valence-corrected chi connectivity index (χ4v) is 0.879. The number of nitrogens with one attached hydrogen (secondary N) is 1. The molecule has 0 aliphatic rings. The molecule has 0 radical (unpaired) electrons. The minimum absolute atomic E-state index is 0.389. The van der Waals surface area contributed by atoms with E-state index in [9.17, 15) is 0 Å². The maximum absolute atomic E-state index is 8.48. The summed E-state index contributed by atoms with van der Waals surface area (Å²) >= 11 is 0. The molecule has 0 unspecified atom stereocenters. The van der Waals surface area contributed by atoms with Crippen molar-refractivity contribution in [1.29, 1.82) is 5.26 Å². The van der Waals surface area contributed by atoms with Gasteiger partial charge in [-0.25, -0.2) is 4.98 Å². The molecular weight excluding hydrogens is 150 g/mol. The van der Waals surface area contributed by atoms with Crippen LogP contribution in [0.1, 0.15) is 19.5 Å². The molecule has 0 amide bonds. The van der Waals surface area contributed by atoms with Crippen LogP contribution in [-0.4, -0.2) is 11.0 Å². The van der Waals surface area contributed by atoms with Gasteiger partial charge >= 0.3 is 0 Å². The number of anilines is 1. The van der Waals surface area contributed by atoms with Crippen LogP contribution >= 0.6 is 0 Å². The van der Waals surface area contributed by atoms with Crippen LogP contribution in [0, 0.1) is 11.3 Å². The molecular formula is C9H11N3. The number of nitrogens with zero attached hydrogens (tertiary/aromatic N) is 2. The Morgan fingerprint density at radius 1 is 1.50 bits per heavy atom. The van der Waals surface area contributed by atoms with E-state index in [1.54, 1.807) is 12.3 Å². The highest BCUT2D eigenvalue weighted by Crippen LogP contribution is 2.06. The van der Waals surface area contributed by atoms with Gasteiger partial charge in [0.2, 0.25) is 0 Å². The second kappa shape index (κ2) is 3.72. The third kappa shape index (κ3) is 2.24.